The summed E-state index contributed by atoms with van der Waals surface area (Å²) < 4.78 is 0. The number of aromatic nitrogens is 2. The Labute approximate surface area is 133 Å². The van der Waals surface area contributed by atoms with Crippen LogP contribution in [0.5, 0.6) is 0 Å². The second kappa shape index (κ2) is 5.78. The molecule has 0 aromatic carbocycles. The smallest absolute Gasteiger partial charge is 0.352 e. The molecule has 0 radical (unpaired) electrons. The van der Waals surface area contributed by atoms with E-state index in [0.29, 0.717) is 22.1 Å². The molecule has 0 spiro atoms. The monoisotopic (exact) mass is 340 g/mol. The molecule has 1 fully saturated rings. The summed E-state index contributed by atoms with van der Waals surface area (Å²) in [6.07, 6.45) is 2.63. The predicted octanol–water partition coefficient (Wildman–Crippen LogP) is -0.557. The first kappa shape index (κ1) is 15.1. The van der Waals surface area contributed by atoms with Crippen molar-refractivity contribution in [2.75, 3.05) is 11.5 Å². The van der Waals surface area contributed by atoms with Crippen LogP contribution in [0.2, 0.25) is 0 Å². The molecule has 1 aromatic rings. The molecule has 0 bridgehead atoms. The number of thioether (sulfide) groups is 2. The number of nitrogens with one attached hydrogen (secondary N) is 1. The van der Waals surface area contributed by atoms with Gasteiger partial charge in [-0.3, -0.25) is 14.5 Å². The number of fused-ring (bicyclic) bond motifs is 1. The van der Waals surface area contributed by atoms with Gasteiger partial charge in [0.05, 0.1) is 6.20 Å². The molecular weight excluding hydrogens is 328 g/mol. The maximum Gasteiger partial charge on any atom is 0.352 e. The Hall–Kier alpha value is -1.78. The van der Waals surface area contributed by atoms with Crippen LogP contribution >= 0.6 is 23.5 Å². The van der Waals surface area contributed by atoms with E-state index in [1.165, 1.54) is 40.8 Å². The van der Waals surface area contributed by atoms with Gasteiger partial charge in [-0.2, -0.15) is 0 Å². The Morgan fingerprint density at radius 3 is 3.00 bits per heavy atom. The highest BCUT2D eigenvalue weighted by Gasteiger charge is 2.51. The number of carbonyl (C=O) groups excluding carboxylic acids is 1. The van der Waals surface area contributed by atoms with E-state index in [4.69, 9.17) is 5.73 Å². The third-order valence-electron chi connectivity index (χ3n) is 3.33. The fourth-order valence-corrected chi connectivity index (χ4v) is 4.51. The fraction of sp³-hybridized carbons (Fsp3) is 0.333. The summed E-state index contributed by atoms with van der Waals surface area (Å²) in [5.41, 5.74) is 6.05. The van der Waals surface area contributed by atoms with Crippen molar-refractivity contribution in [3.8, 4) is 0 Å². The molecule has 2 aliphatic rings. The minimum Gasteiger partial charge on any atom is -0.477 e. The van der Waals surface area contributed by atoms with E-state index < -0.39 is 12.0 Å². The highest BCUT2D eigenvalue weighted by molar-refractivity contribution is 8.01. The normalized spacial score (nSPS) is 24.0. The number of carboxylic acids is 1. The summed E-state index contributed by atoms with van der Waals surface area (Å²) in [5.74, 6) is -0.616. The van der Waals surface area contributed by atoms with Gasteiger partial charge in [-0.15, -0.1) is 23.5 Å². The lowest BCUT2D eigenvalue weighted by atomic mass is 10.0. The Bertz CT molecular complexity index is 712. The van der Waals surface area contributed by atoms with Gasteiger partial charge in [0.25, 0.3) is 5.56 Å². The Balaban J connectivity index is 1.81. The van der Waals surface area contributed by atoms with Gasteiger partial charge >= 0.3 is 5.97 Å². The van der Waals surface area contributed by atoms with Crippen molar-refractivity contribution in [1.82, 2.24) is 14.9 Å². The van der Waals surface area contributed by atoms with E-state index in [2.05, 4.69) is 9.97 Å². The van der Waals surface area contributed by atoms with Crippen molar-refractivity contribution >= 4 is 35.4 Å². The molecular formula is C12H12N4O4S2. The molecule has 3 heterocycles. The predicted molar refractivity (Wildman–Crippen MR) is 81.3 cm³/mol. The number of aromatic amines is 1. The fourth-order valence-electron chi connectivity index (χ4n) is 2.26. The lowest BCUT2D eigenvalue weighted by Crippen LogP contribution is -2.68. The molecule has 2 aliphatic heterocycles. The summed E-state index contributed by atoms with van der Waals surface area (Å²) in [4.78, 5) is 42.0. The molecule has 2 atom stereocenters. The quantitative estimate of drug-likeness (QED) is 0.491. The average Bonchev–Trinajstić information content (AvgIpc) is 2.52. The minimum absolute atomic E-state index is 0.0207. The zero-order valence-corrected chi connectivity index (χ0v) is 12.8. The van der Waals surface area contributed by atoms with Crippen LogP contribution < -0.4 is 11.3 Å². The number of H-pyrrole nitrogens is 1. The Morgan fingerprint density at radius 1 is 1.59 bits per heavy atom. The molecule has 0 aliphatic carbocycles. The maximum absolute atomic E-state index is 11.8. The molecule has 3 rings (SSSR count). The summed E-state index contributed by atoms with van der Waals surface area (Å²) in [7, 11) is 0. The molecule has 1 saturated heterocycles. The SMILES string of the molecule is NC1C(=O)N2C(C(=O)O)=C(CSc3c[nH]c(=O)cn3)CS[C@H]12. The number of carboxylic acid groups (broad SMARTS) is 1. The summed E-state index contributed by atoms with van der Waals surface area (Å²) in [5, 5.41) is 9.68. The van der Waals surface area contributed by atoms with E-state index in [1.54, 1.807) is 0 Å². The van der Waals surface area contributed by atoms with Gasteiger partial charge in [-0.25, -0.2) is 9.78 Å². The van der Waals surface area contributed by atoms with E-state index >= 15 is 0 Å². The second-order valence-corrected chi connectivity index (χ2v) is 6.83. The van der Waals surface area contributed by atoms with Gasteiger partial charge in [0, 0.05) is 17.7 Å². The number of nitrogens with two attached hydrogens (primary N) is 1. The van der Waals surface area contributed by atoms with Crippen LogP contribution in [0.4, 0.5) is 0 Å². The van der Waals surface area contributed by atoms with Crippen LogP contribution in [0, 0.1) is 0 Å². The van der Waals surface area contributed by atoms with E-state index in [0.717, 1.165) is 0 Å². The maximum atomic E-state index is 11.8. The van der Waals surface area contributed by atoms with Gasteiger partial charge in [-0.05, 0) is 5.57 Å². The van der Waals surface area contributed by atoms with Gasteiger partial charge in [0.15, 0.2) is 0 Å². The second-order valence-electron chi connectivity index (χ2n) is 4.73. The van der Waals surface area contributed by atoms with Crippen molar-refractivity contribution in [2.24, 2.45) is 5.73 Å². The third-order valence-corrected chi connectivity index (χ3v) is 5.70. The largest absolute Gasteiger partial charge is 0.477 e. The van der Waals surface area contributed by atoms with Crippen molar-refractivity contribution < 1.29 is 14.7 Å². The molecule has 116 valence electrons. The number of aliphatic carboxylic acids is 1. The number of carbonyl (C=O) groups is 2. The number of hydrogen-bond donors (Lipinski definition) is 3. The lowest BCUT2D eigenvalue weighted by molar-refractivity contribution is -0.147. The Kier molecular flexibility index (Phi) is 3.98. The minimum atomic E-state index is -1.13. The van der Waals surface area contributed by atoms with Gasteiger partial charge in [0.2, 0.25) is 5.91 Å². The molecule has 22 heavy (non-hydrogen) atoms. The number of nitrogens with zero attached hydrogens (tertiary/aromatic N) is 2. The van der Waals surface area contributed by atoms with Crippen LogP contribution in [-0.4, -0.2) is 54.8 Å². The van der Waals surface area contributed by atoms with Crippen molar-refractivity contribution in [3.05, 3.63) is 34.0 Å². The molecule has 4 N–H and O–H groups in total. The van der Waals surface area contributed by atoms with Gasteiger partial charge in [0.1, 0.15) is 22.1 Å². The number of hydrogen-bond acceptors (Lipinski definition) is 7. The van der Waals surface area contributed by atoms with Crippen LogP contribution in [0.3, 0.4) is 0 Å². The zero-order chi connectivity index (χ0) is 15.9. The van der Waals surface area contributed by atoms with E-state index in [1.807, 2.05) is 0 Å². The highest BCUT2D eigenvalue weighted by atomic mass is 32.2. The molecule has 1 aromatic heterocycles. The van der Waals surface area contributed by atoms with Gasteiger partial charge < -0.3 is 15.8 Å². The molecule has 1 unspecified atom stereocenters. The first-order valence-corrected chi connectivity index (χ1v) is 8.35. The number of rotatable bonds is 4. The van der Waals surface area contributed by atoms with Crippen LogP contribution in [-0.2, 0) is 9.59 Å². The highest BCUT2D eigenvalue weighted by Crippen LogP contribution is 2.40. The van der Waals surface area contributed by atoms with Crippen molar-refractivity contribution in [2.45, 2.75) is 16.4 Å². The number of β-lactam (4-membered cyclic amide) rings is 1. The van der Waals surface area contributed by atoms with Gasteiger partial charge in [-0.1, -0.05) is 0 Å². The standard InChI is InChI=1S/C12H12N4O4S2/c13-8-10(18)16-9(12(19)20)5(4-22-11(8)16)3-21-7-2-14-6(17)1-15-7/h1-2,8,11H,3-4,13H2,(H,14,17)(H,19,20)/t8?,11-/m1/s1. The van der Waals surface area contributed by atoms with Crippen molar-refractivity contribution in [3.63, 3.8) is 0 Å². The van der Waals surface area contributed by atoms with Crippen LogP contribution in [0.1, 0.15) is 0 Å². The first-order valence-electron chi connectivity index (χ1n) is 6.32. The number of amides is 1. The summed E-state index contributed by atoms with van der Waals surface area (Å²) in [6.45, 7) is 0. The molecule has 1 amide bonds. The van der Waals surface area contributed by atoms with E-state index in [9.17, 15) is 19.5 Å². The molecule has 8 nitrogen and oxygen atoms in total. The lowest BCUT2D eigenvalue weighted by Gasteiger charge is -2.48. The topological polar surface area (TPSA) is 129 Å². The Morgan fingerprint density at radius 2 is 2.36 bits per heavy atom. The molecule has 10 heteroatoms. The van der Waals surface area contributed by atoms with Crippen LogP contribution in [0.15, 0.2) is 33.5 Å². The molecule has 0 saturated carbocycles. The third kappa shape index (κ3) is 2.53. The first-order chi connectivity index (χ1) is 10.5. The van der Waals surface area contributed by atoms with Crippen molar-refractivity contribution in [1.29, 1.82) is 0 Å². The summed E-state index contributed by atoms with van der Waals surface area (Å²) >= 11 is 2.76. The van der Waals surface area contributed by atoms with Crippen LogP contribution in [0.25, 0.3) is 0 Å². The zero-order valence-electron chi connectivity index (χ0n) is 11.2. The van der Waals surface area contributed by atoms with E-state index in [-0.39, 0.29) is 22.5 Å². The average molecular weight is 340 g/mol. The summed E-state index contributed by atoms with van der Waals surface area (Å²) in [6, 6.07) is -0.630.